The zero-order chi connectivity index (χ0) is 79.7. The minimum atomic E-state index is -0.538. The quantitative estimate of drug-likeness (QED) is 0.141. The number of aryl methyl sites for hydroxylation is 2. The van der Waals surface area contributed by atoms with Crippen molar-refractivity contribution in [2.45, 2.75) is 19.3 Å². The second-order valence-corrected chi connectivity index (χ2v) is 33.2. The van der Waals surface area contributed by atoms with Crippen molar-refractivity contribution in [2.75, 3.05) is 0 Å². The normalized spacial score (nSPS) is 12.6. The number of hydrogen-bond donors (Lipinski definition) is 0. The molecule has 0 aliphatic heterocycles. The van der Waals surface area contributed by atoms with Crippen LogP contribution in [0.5, 0.6) is 0 Å². The van der Waals surface area contributed by atoms with Crippen LogP contribution in [-0.2, 0) is 5.41 Å². The molecule has 121 heavy (non-hydrogen) atoms. The molecule has 2 aromatic heterocycles. The summed E-state index contributed by atoms with van der Waals surface area (Å²) in [4.78, 5) is 0. The number of rotatable bonds is 7. The van der Waals surface area contributed by atoms with E-state index < -0.39 is 5.41 Å². The van der Waals surface area contributed by atoms with E-state index in [0.29, 0.717) is 0 Å². The first kappa shape index (κ1) is 68.7. The number of benzene rings is 22. The molecule has 1 spiro atoms. The Hall–Kier alpha value is -15.5. The predicted octanol–water partition coefficient (Wildman–Crippen LogP) is 32.1. The summed E-state index contributed by atoms with van der Waals surface area (Å²) in [5, 5.41) is 25.5. The van der Waals surface area contributed by atoms with Crippen molar-refractivity contribution in [3.63, 3.8) is 0 Å². The van der Waals surface area contributed by atoms with Gasteiger partial charge in [-0.05, 0) is 290 Å². The van der Waals surface area contributed by atoms with Crippen molar-refractivity contribution in [1.29, 1.82) is 0 Å². The van der Waals surface area contributed by atoms with Gasteiger partial charge in [0, 0.05) is 32.9 Å². The summed E-state index contributed by atoms with van der Waals surface area (Å²) in [7, 11) is 0. The molecule has 2 heterocycles. The van der Waals surface area contributed by atoms with Crippen LogP contribution in [0.3, 0.4) is 0 Å². The van der Waals surface area contributed by atoms with Crippen LogP contribution in [0.25, 0.3) is 219 Å². The molecule has 2 nitrogen and oxygen atoms in total. The fourth-order valence-corrected chi connectivity index (χ4v) is 21.9. The fourth-order valence-electron chi connectivity index (χ4n) is 21.9. The average Bonchev–Trinajstić information content (AvgIpc) is 1.51. The van der Waals surface area contributed by atoms with E-state index in [1.165, 1.54) is 252 Å². The van der Waals surface area contributed by atoms with E-state index in [2.05, 4.69) is 448 Å². The third-order valence-electron chi connectivity index (χ3n) is 26.9. The van der Waals surface area contributed by atoms with Gasteiger partial charge < -0.3 is 9.13 Å². The van der Waals surface area contributed by atoms with Gasteiger partial charge in [0.1, 0.15) is 0 Å². The van der Waals surface area contributed by atoms with E-state index in [-0.39, 0.29) is 0 Å². The molecule has 0 saturated heterocycles. The van der Waals surface area contributed by atoms with Crippen molar-refractivity contribution in [1.82, 2.24) is 9.13 Å². The Kier molecular flexibility index (Phi) is 15.2. The zero-order valence-electron chi connectivity index (χ0n) is 66.8. The van der Waals surface area contributed by atoms with Gasteiger partial charge >= 0.3 is 0 Å². The Morgan fingerprint density at radius 2 is 0.488 bits per heavy atom. The highest BCUT2D eigenvalue weighted by Gasteiger charge is 2.52. The van der Waals surface area contributed by atoms with Crippen LogP contribution in [0.2, 0.25) is 0 Å². The predicted molar refractivity (Wildman–Crippen MR) is 515 cm³/mol. The minimum absolute atomic E-state index is 0.538. The molecule has 26 rings (SSSR count). The van der Waals surface area contributed by atoms with E-state index in [1.807, 2.05) is 0 Å². The van der Waals surface area contributed by atoms with Crippen molar-refractivity contribution < 1.29 is 0 Å². The molecule has 24 aromatic rings. The SMILES string of the molecule is Cc1cc(-c2c3ccccc3c(-c3ccccc3)c3ccccc23)ccc1-c1ccc(-n2c3ccccc3c3c4cc5ccccc5cc4ccc32)cc1C.c1ccc(-c2c3ccccc3c(-c3ccc4c(c3)C3(c5ccccc5-c5ccccc53)c3cc(-n5c6ccccc6c6c7cc8ccccc8cc7ccc65)ccc3-4)c3ccccc23)cc1. The van der Waals surface area contributed by atoms with E-state index in [9.17, 15) is 0 Å². The maximum absolute atomic E-state index is 2.56. The first-order chi connectivity index (χ1) is 59.9. The maximum Gasteiger partial charge on any atom is 0.0726 e. The van der Waals surface area contributed by atoms with Crippen LogP contribution in [-0.4, -0.2) is 9.13 Å². The smallest absolute Gasteiger partial charge is 0.0726 e. The summed E-state index contributed by atoms with van der Waals surface area (Å²) in [5.41, 5.74) is 32.4. The molecule has 0 fully saturated rings. The lowest BCUT2D eigenvalue weighted by Gasteiger charge is -2.31. The van der Waals surface area contributed by atoms with Crippen molar-refractivity contribution in [2.24, 2.45) is 0 Å². The Labute approximate surface area is 700 Å². The zero-order valence-corrected chi connectivity index (χ0v) is 66.8. The van der Waals surface area contributed by atoms with Gasteiger partial charge in [0.2, 0.25) is 0 Å². The molecule has 0 saturated carbocycles. The Balaban J connectivity index is 0.000000136. The average molecular weight is 1530 g/mol. The van der Waals surface area contributed by atoms with Crippen LogP contribution < -0.4 is 0 Å². The number of aromatic nitrogens is 2. The molecule has 2 aliphatic rings. The highest BCUT2D eigenvalue weighted by Crippen LogP contribution is 2.64. The van der Waals surface area contributed by atoms with E-state index in [1.54, 1.807) is 0 Å². The monoisotopic (exact) mass is 1530 g/mol. The molecule has 0 radical (unpaired) electrons. The summed E-state index contributed by atoms with van der Waals surface area (Å²) >= 11 is 0. The van der Waals surface area contributed by atoms with Crippen LogP contribution in [0.4, 0.5) is 0 Å². The number of para-hydroxylation sites is 2. The lowest BCUT2D eigenvalue weighted by molar-refractivity contribution is 0.793. The molecule has 2 heteroatoms. The highest BCUT2D eigenvalue weighted by molar-refractivity contribution is 6.27. The van der Waals surface area contributed by atoms with Gasteiger partial charge in [-0.25, -0.2) is 0 Å². The van der Waals surface area contributed by atoms with E-state index >= 15 is 0 Å². The number of nitrogens with zero attached hydrogens (tertiary/aromatic N) is 2. The second kappa shape index (κ2) is 26.8. The van der Waals surface area contributed by atoms with Gasteiger partial charge in [-0.3, -0.25) is 0 Å². The van der Waals surface area contributed by atoms with Crippen molar-refractivity contribution in [3.8, 4) is 89.3 Å². The summed E-state index contributed by atoms with van der Waals surface area (Å²) in [6, 6.07) is 159. The summed E-state index contributed by atoms with van der Waals surface area (Å²) in [6.07, 6.45) is 0. The molecule has 0 bridgehead atoms. The van der Waals surface area contributed by atoms with Crippen molar-refractivity contribution >= 4 is 130 Å². The number of hydrogen-bond acceptors (Lipinski definition) is 0. The highest BCUT2D eigenvalue weighted by atomic mass is 15.0. The molecule has 0 unspecified atom stereocenters. The largest absolute Gasteiger partial charge is 0.309 e. The molecule has 562 valence electrons. The Morgan fingerprint density at radius 1 is 0.174 bits per heavy atom. The van der Waals surface area contributed by atoms with Crippen LogP contribution in [0, 0.1) is 13.8 Å². The molecule has 0 atom stereocenters. The summed E-state index contributed by atoms with van der Waals surface area (Å²) < 4.78 is 4.96. The minimum Gasteiger partial charge on any atom is -0.309 e. The topological polar surface area (TPSA) is 9.86 Å². The lowest BCUT2D eigenvalue weighted by Crippen LogP contribution is -2.26. The number of fused-ring (bicyclic) bond motifs is 26. The van der Waals surface area contributed by atoms with Crippen molar-refractivity contribution in [3.05, 3.63) is 458 Å². The van der Waals surface area contributed by atoms with Gasteiger partial charge in [0.05, 0.1) is 27.5 Å². The van der Waals surface area contributed by atoms with Crippen LogP contribution >= 0.6 is 0 Å². The molecule has 2 aliphatic carbocycles. The summed E-state index contributed by atoms with van der Waals surface area (Å²) in [6.45, 7) is 4.52. The standard InChI is InChI=1S/C65H39N.C54H37N/c1-2-16-40(17-3-1)62-50-22-6-8-24-52(50)63(53-25-9-7-23-51(53)62)44-30-33-48-49-34-32-45(39-59(49)65(58(48)38-44)56-27-13-10-20-46(56)47-21-11-14-28-57(47)65)66-60-29-15-12-26-54(60)64-55-37-42-19-5-4-18-41(42)36-43(55)31-35-61(64)66;1-34-30-40(53-46-20-10-8-18-44(46)52(36-14-4-3-5-15-36)45-19-9-11-21-47(45)53)24-27-42(34)43-28-26-41(31-35(43)2)55-50-23-13-12-22-48(50)54-49-33-38-17-7-6-16-37(38)32-39(49)25-29-51(54)55/h1-39H;3-33H,1-2H3. The fraction of sp³-hybridized carbons (Fsp3) is 0.0252. The van der Waals surface area contributed by atoms with Gasteiger partial charge in [0.25, 0.3) is 0 Å². The molecule has 22 aromatic carbocycles. The first-order valence-corrected chi connectivity index (χ1v) is 42.3. The third kappa shape index (κ3) is 10.2. The van der Waals surface area contributed by atoms with Gasteiger partial charge in [-0.15, -0.1) is 0 Å². The van der Waals surface area contributed by atoms with Crippen LogP contribution in [0.1, 0.15) is 33.4 Å². The molecular weight excluding hydrogens is 1460 g/mol. The third-order valence-corrected chi connectivity index (χ3v) is 26.9. The van der Waals surface area contributed by atoms with Gasteiger partial charge in [0.15, 0.2) is 0 Å². The molecular formula is C119H76N2. The molecule has 0 amide bonds. The Morgan fingerprint density at radius 3 is 0.917 bits per heavy atom. The van der Waals surface area contributed by atoms with Gasteiger partial charge in [-0.2, -0.15) is 0 Å². The van der Waals surface area contributed by atoms with Crippen LogP contribution in [0.15, 0.2) is 425 Å². The van der Waals surface area contributed by atoms with E-state index in [4.69, 9.17) is 0 Å². The van der Waals surface area contributed by atoms with E-state index in [0.717, 1.165) is 0 Å². The summed E-state index contributed by atoms with van der Waals surface area (Å²) in [5.74, 6) is 0. The lowest BCUT2D eigenvalue weighted by atomic mass is 9.70. The van der Waals surface area contributed by atoms with Gasteiger partial charge in [-0.1, -0.05) is 346 Å². The molecule has 0 N–H and O–H groups in total. The maximum atomic E-state index is 2.56. The first-order valence-electron chi connectivity index (χ1n) is 42.3. The Bertz CT molecular complexity index is 8390. The second-order valence-electron chi connectivity index (χ2n) is 33.2.